The molecule has 1 atom stereocenters. The van der Waals surface area contributed by atoms with E-state index in [0.29, 0.717) is 13.0 Å². The molecule has 1 amide bonds. The second-order valence-corrected chi connectivity index (χ2v) is 5.52. The molecule has 1 heterocycles. The summed E-state index contributed by atoms with van der Waals surface area (Å²) in [4.78, 5) is 16.1. The molecule has 5 nitrogen and oxygen atoms in total. The van der Waals surface area contributed by atoms with E-state index in [1.54, 1.807) is 0 Å². The Bertz CT molecular complexity index is 603. The number of amides is 1. The van der Waals surface area contributed by atoms with E-state index < -0.39 is 0 Å². The molecule has 0 radical (unpaired) electrons. The first-order chi connectivity index (χ1) is 10.1. The minimum Gasteiger partial charge on any atom is -0.356 e. The van der Waals surface area contributed by atoms with Gasteiger partial charge < -0.3 is 15.6 Å². The highest BCUT2D eigenvalue weighted by Gasteiger charge is 2.07. The predicted octanol–water partition coefficient (Wildman–Crippen LogP) is 1.98. The highest BCUT2D eigenvalue weighted by atomic mass is 16.1. The molecule has 0 saturated carbocycles. The van der Waals surface area contributed by atoms with E-state index in [0.717, 1.165) is 36.2 Å². The van der Waals surface area contributed by atoms with Crippen LogP contribution in [0.15, 0.2) is 24.3 Å². The first-order valence-electron chi connectivity index (χ1n) is 7.52. The molecule has 0 aliphatic rings. The minimum absolute atomic E-state index is 0.0794. The zero-order valence-corrected chi connectivity index (χ0v) is 12.8. The maximum atomic E-state index is 11.6. The summed E-state index contributed by atoms with van der Waals surface area (Å²) < 4.78 is 2.20. The van der Waals surface area contributed by atoms with Gasteiger partial charge in [-0.2, -0.15) is 0 Å². The lowest BCUT2D eigenvalue weighted by atomic mass is 10.2. The molecule has 1 aromatic carbocycles. The van der Waals surface area contributed by atoms with Crippen LogP contribution in [0.1, 0.15) is 32.0 Å². The number of para-hydroxylation sites is 2. The summed E-state index contributed by atoms with van der Waals surface area (Å²) in [7, 11) is 0. The molecule has 5 heteroatoms. The Labute approximate surface area is 125 Å². The zero-order chi connectivity index (χ0) is 15.2. The van der Waals surface area contributed by atoms with Gasteiger partial charge in [0.1, 0.15) is 5.82 Å². The Morgan fingerprint density at radius 1 is 1.43 bits per heavy atom. The first-order valence-corrected chi connectivity index (χ1v) is 7.52. The third-order valence-corrected chi connectivity index (χ3v) is 3.55. The summed E-state index contributed by atoms with van der Waals surface area (Å²) in [5.74, 6) is 1.10. The summed E-state index contributed by atoms with van der Waals surface area (Å²) in [6.45, 7) is 5.48. The van der Waals surface area contributed by atoms with Crippen LogP contribution in [0, 0.1) is 6.92 Å². The van der Waals surface area contributed by atoms with Crippen molar-refractivity contribution < 1.29 is 4.79 Å². The lowest BCUT2D eigenvalue weighted by Crippen LogP contribution is -2.27. The van der Waals surface area contributed by atoms with Gasteiger partial charge in [-0.1, -0.05) is 12.1 Å². The summed E-state index contributed by atoms with van der Waals surface area (Å²) >= 11 is 0. The molecule has 2 aromatic rings. The van der Waals surface area contributed by atoms with Gasteiger partial charge in [0, 0.05) is 25.6 Å². The van der Waals surface area contributed by atoms with Crippen molar-refractivity contribution in [2.24, 2.45) is 5.73 Å². The smallest absolute Gasteiger partial charge is 0.220 e. The molecule has 0 bridgehead atoms. The summed E-state index contributed by atoms with van der Waals surface area (Å²) in [6.07, 6.45) is 2.13. The lowest BCUT2D eigenvalue weighted by molar-refractivity contribution is -0.121. The quantitative estimate of drug-likeness (QED) is 0.765. The van der Waals surface area contributed by atoms with Gasteiger partial charge in [0.25, 0.3) is 0 Å². The van der Waals surface area contributed by atoms with Crippen molar-refractivity contribution in [3.05, 3.63) is 30.1 Å². The maximum absolute atomic E-state index is 11.6. The number of imidazole rings is 1. The van der Waals surface area contributed by atoms with Crippen molar-refractivity contribution in [1.29, 1.82) is 0 Å². The van der Waals surface area contributed by atoms with Crippen LogP contribution in [0.5, 0.6) is 0 Å². The molecular weight excluding hydrogens is 264 g/mol. The molecular formula is C16H24N4O. The number of fused-ring (bicyclic) bond motifs is 1. The van der Waals surface area contributed by atoms with E-state index in [9.17, 15) is 4.79 Å². The van der Waals surface area contributed by atoms with Gasteiger partial charge in [0.05, 0.1) is 11.0 Å². The number of hydrogen-bond acceptors (Lipinski definition) is 3. The molecule has 0 spiro atoms. The van der Waals surface area contributed by atoms with Gasteiger partial charge >= 0.3 is 0 Å². The molecule has 114 valence electrons. The number of carbonyl (C=O) groups is 1. The maximum Gasteiger partial charge on any atom is 0.220 e. The average molecular weight is 288 g/mol. The van der Waals surface area contributed by atoms with Crippen molar-refractivity contribution in [3.63, 3.8) is 0 Å². The molecule has 0 aliphatic carbocycles. The predicted molar refractivity (Wildman–Crippen MR) is 85.0 cm³/mol. The Morgan fingerprint density at radius 3 is 2.95 bits per heavy atom. The molecule has 0 saturated heterocycles. The number of nitrogens with one attached hydrogen (secondary N) is 1. The minimum atomic E-state index is 0.0794. The zero-order valence-electron chi connectivity index (χ0n) is 12.8. The third-order valence-electron chi connectivity index (χ3n) is 3.55. The standard InChI is InChI=1S/C16H24N4O/c1-12(17)8-9-16(21)18-10-5-11-20-13(2)19-14-6-3-4-7-15(14)20/h3-4,6-7,12H,5,8-11,17H2,1-2H3,(H,18,21). The van der Waals surface area contributed by atoms with Crippen LogP contribution in [-0.2, 0) is 11.3 Å². The number of aryl methyl sites for hydroxylation is 2. The number of hydrogen-bond donors (Lipinski definition) is 2. The number of carbonyl (C=O) groups excluding carboxylic acids is 1. The van der Waals surface area contributed by atoms with Gasteiger partial charge in [0.2, 0.25) is 5.91 Å². The number of benzene rings is 1. The topological polar surface area (TPSA) is 72.9 Å². The van der Waals surface area contributed by atoms with E-state index in [1.807, 2.05) is 32.0 Å². The largest absolute Gasteiger partial charge is 0.356 e. The van der Waals surface area contributed by atoms with Gasteiger partial charge in [0.15, 0.2) is 0 Å². The van der Waals surface area contributed by atoms with E-state index in [2.05, 4.69) is 20.9 Å². The van der Waals surface area contributed by atoms with E-state index in [-0.39, 0.29) is 11.9 Å². The fraction of sp³-hybridized carbons (Fsp3) is 0.500. The van der Waals surface area contributed by atoms with Crippen molar-refractivity contribution >= 4 is 16.9 Å². The highest BCUT2D eigenvalue weighted by molar-refractivity contribution is 5.76. The van der Waals surface area contributed by atoms with E-state index in [1.165, 1.54) is 0 Å². The summed E-state index contributed by atoms with van der Waals surface area (Å²) in [6, 6.07) is 8.20. The Hall–Kier alpha value is -1.88. The fourth-order valence-electron chi connectivity index (χ4n) is 2.39. The number of nitrogens with two attached hydrogens (primary N) is 1. The Balaban J connectivity index is 1.80. The second-order valence-electron chi connectivity index (χ2n) is 5.52. The van der Waals surface area contributed by atoms with Crippen molar-refractivity contribution in [2.75, 3.05) is 6.54 Å². The molecule has 1 unspecified atom stereocenters. The highest BCUT2D eigenvalue weighted by Crippen LogP contribution is 2.15. The van der Waals surface area contributed by atoms with E-state index in [4.69, 9.17) is 5.73 Å². The van der Waals surface area contributed by atoms with Gasteiger partial charge in [-0.05, 0) is 38.8 Å². The van der Waals surface area contributed by atoms with Crippen molar-refractivity contribution in [2.45, 2.75) is 45.7 Å². The molecule has 2 rings (SSSR count). The van der Waals surface area contributed by atoms with Gasteiger partial charge in [-0.25, -0.2) is 4.98 Å². The van der Waals surface area contributed by atoms with Crippen molar-refractivity contribution in [1.82, 2.24) is 14.9 Å². The Morgan fingerprint density at radius 2 is 2.19 bits per heavy atom. The van der Waals surface area contributed by atoms with Gasteiger partial charge in [-0.15, -0.1) is 0 Å². The molecule has 0 fully saturated rings. The molecule has 1 aromatic heterocycles. The van der Waals surface area contributed by atoms with Crippen LogP contribution in [-0.4, -0.2) is 28.0 Å². The van der Waals surface area contributed by atoms with Gasteiger partial charge in [-0.3, -0.25) is 4.79 Å². The number of rotatable bonds is 7. The van der Waals surface area contributed by atoms with Crippen molar-refractivity contribution in [3.8, 4) is 0 Å². The molecule has 0 aliphatic heterocycles. The lowest BCUT2D eigenvalue weighted by Gasteiger charge is -2.09. The number of aromatic nitrogens is 2. The summed E-state index contributed by atoms with van der Waals surface area (Å²) in [5, 5.41) is 2.94. The monoisotopic (exact) mass is 288 g/mol. The summed E-state index contributed by atoms with van der Waals surface area (Å²) in [5.41, 5.74) is 7.81. The van der Waals surface area contributed by atoms with Crippen LogP contribution in [0.3, 0.4) is 0 Å². The van der Waals surface area contributed by atoms with Crippen LogP contribution in [0.2, 0.25) is 0 Å². The fourth-order valence-corrected chi connectivity index (χ4v) is 2.39. The normalized spacial score (nSPS) is 12.5. The van der Waals surface area contributed by atoms with Crippen LogP contribution in [0.4, 0.5) is 0 Å². The molecule has 3 N–H and O–H groups in total. The second kappa shape index (κ2) is 7.22. The SMILES string of the molecule is Cc1nc2ccccc2n1CCCNC(=O)CCC(C)N. The van der Waals surface area contributed by atoms with E-state index >= 15 is 0 Å². The van der Waals surface area contributed by atoms with Crippen LogP contribution < -0.4 is 11.1 Å². The third kappa shape index (κ3) is 4.29. The first kappa shape index (κ1) is 15.5. The number of nitrogens with zero attached hydrogens (tertiary/aromatic N) is 2. The molecule has 21 heavy (non-hydrogen) atoms. The Kier molecular flexibility index (Phi) is 5.33. The average Bonchev–Trinajstić information content (AvgIpc) is 2.77. The van der Waals surface area contributed by atoms with Crippen LogP contribution in [0.25, 0.3) is 11.0 Å². The van der Waals surface area contributed by atoms with Crippen LogP contribution >= 0.6 is 0 Å².